The molecule has 0 radical (unpaired) electrons. The Labute approximate surface area is 124 Å². The summed E-state index contributed by atoms with van der Waals surface area (Å²) in [6.45, 7) is 0.426. The van der Waals surface area contributed by atoms with E-state index < -0.39 is 20.7 Å². The number of halogens is 2. The van der Waals surface area contributed by atoms with Crippen molar-refractivity contribution in [2.75, 3.05) is 12.4 Å². The van der Waals surface area contributed by atoms with Gasteiger partial charge in [-0.25, -0.2) is 22.5 Å². The lowest BCUT2D eigenvalue weighted by Crippen LogP contribution is -2.20. The minimum Gasteiger partial charge on any atom is -0.380 e. The lowest BCUT2D eigenvalue weighted by Gasteiger charge is -2.08. The van der Waals surface area contributed by atoms with Crippen LogP contribution in [0.3, 0.4) is 0 Å². The van der Waals surface area contributed by atoms with Crippen molar-refractivity contribution in [3.05, 3.63) is 39.6 Å². The molecule has 1 heterocycles. The van der Waals surface area contributed by atoms with Crippen molar-refractivity contribution in [1.29, 1.82) is 0 Å². The molecule has 9 heteroatoms. The maximum absolute atomic E-state index is 13.5. The molecule has 0 saturated heterocycles. The molecule has 2 aromatic rings. The Morgan fingerprint density at radius 1 is 1.45 bits per heavy atom. The number of hydrogen-bond donors (Lipinski definition) is 2. The first-order valence-electron chi connectivity index (χ1n) is 5.49. The predicted octanol–water partition coefficient (Wildman–Crippen LogP) is 2.46. The first kappa shape index (κ1) is 15.2. The molecule has 1 aromatic heterocycles. The zero-order valence-electron chi connectivity index (χ0n) is 10.4. The molecular formula is C11H11ClFN3O2S2. The third kappa shape index (κ3) is 3.45. The van der Waals surface area contributed by atoms with Gasteiger partial charge in [0.1, 0.15) is 10.7 Å². The Morgan fingerprint density at radius 2 is 2.20 bits per heavy atom. The number of rotatable bonds is 5. The van der Waals surface area contributed by atoms with E-state index >= 15 is 0 Å². The Hall–Kier alpha value is -1.22. The molecular weight excluding hydrogens is 325 g/mol. The summed E-state index contributed by atoms with van der Waals surface area (Å²) in [6.07, 6.45) is 1.62. The lowest BCUT2D eigenvalue weighted by atomic mass is 10.3. The molecule has 0 aliphatic carbocycles. The van der Waals surface area contributed by atoms with Crippen LogP contribution in [0.5, 0.6) is 0 Å². The molecule has 0 aliphatic heterocycles. The molecule has 0 atom stereocenters. The number of aromatic nitrogens is 1. The van der Waals surface area contributed by atoms with Gasteiger partial charge in [-0.15, -0.1) is 11.3 Å². The number of benzene rings is 1. The van der Waals surface area contributed by atoms with Crippen molar-refractivity contribution < 1.29 is 12.8 Å². The van der Waals surface area contributed by atoms with Gasteiger partial charge >= 0.3 is 0 Å². The minimum absolute atomic E-state index is 0.396. The van der Waals surface area contributed by atoms with E-state index in [9.17, 15) is 12.8 Å². The van der Waals surface area contributed by atoms with E-state index in [1.54, 1.807) is 6.20 Å². The van der Waals surface area contributed by atoms with Gasteiger partial charge in [-0.3, -0.25) is 0 Å². The Bertz CT molecular complexity index is 718. The van der Waals surface area contributed by atoms with Gasteiger partial charge in [-0.2, -0.15) is 0 Å². The van der Waals surface area contributed by atoms with Crippen LogP contribution < -0.4 is 10.0 Å². The SMILES string of the molecule is CNS(=O)(=O)c1cc(NCc2cnc(Cl)s2)ccc1F. The molecule has 0 spiro atoms. The van der Waals surface area contributed by atoms with Gasteiger partial charge in [0.25, 0.3) is 0 Å². The highest BCUT2D eigenvalue weighted by atomic mass is 35.5. The lowest BCUT2D eigenvalue weighted by molar-refractivity contribution is 0.561. The van der Waals surface area contributed by atoms with Gasteiger partial charge in [0, 0.05) is 16.8 Å². The van der Waals surface area contributed by atoms with Crippen molar-refractivity contribution >= 4 is 38.6 Å². The Morgan fingerprint density at radius 3 is 2.80 bits per heavy atom. The van der Waals surface area contributed by atoms with Gasteiger partial charge in [0.05, 0.1) is 6.54 Å². The maximum Gasteiger partial charge on any atom is 0.243 e. The van der Waals surface area contributed by atoms with Crippen LogP contribution in [0.1, 0.15) is 4.88 Å². The maximum atomic E-state index is 13.5. The number of nitrogens with zero attached hydrogens (tertiary/aromatic N) is 1. The molecule has 0 fully saturated rings. The minimum atomic E-state index is -3.83. The Balaban J connectivity index is 2.19. The molecule has 0 unspecified atom stereocenters. The number of hydrogen-bond acceptors (Lipinski definition) is 5. The summed E-state index contributed by atoms with van der Waals surface area (Å²) >= 11 is 7.02. The van der Waals surface area contributed by atoms with E-state index in [-0.39, 0.29) is 0 Å². The predicted molar refractivity (Wildman–Crippen MR) is 77.1 cm³/mol. The van der Waals surface area contributed by atoms with Crippen LogP contribution in [-0.2, 0) is 16.6 Å². The van der Waals surface area contributed by atoms with Crippen LogP contribution in [-0.4, -0.2) is 20.4 Å². The van der Waals surface area contributed by atoms with Gasteiger partial charge in [-0.1, -0.05) is 11.6 Å². The number of anilines is 1. The summed E-state index contributed by atoms with van der Waals surface area (Å²) in [6, 6.07) is 3.81. The number of thiazole rings is 1. The van der Waals surface area contributed by atoms with Gasteiger partial charge in [0.2, 0.25) is 10.0 Å². The van der Waals surface area contributed by atoms with E-state index in [0.717, 1.165) is 10.9 Å². The molecule has 2 N–H and O–H groups in total. The first-order valence-corrected chi connectivity index (χ1v) is 8.17. The van der Waals surface area contributed by atoms with Crippen molar-refractivity contribution in [3.8, 4) is 0 Å². The molecule has 2 rings (SSSR count). The van der Waals surface area contributed by atoms with Crippen molar-refractivity contribution in [2.45, 2.75) is 11.4 Å². The summed E-state index contributed by atoms with van der Waals surface area (Å²) in [5.41, 5.74) is 0.491. The summed E-state index contributed by atoms with van der Waals surface area (Å²) in [5.74, 6) is -0.800. The third-order valence-electron chi connectivity index (χ3n) is 2.48. The van der Waals surface area contributed by atoms with Crippen LogP contribution in [0, 0.1) is 5.82 Å². The smallest absolute Gasteiger partial charge is 0.243 e. The van der Waals surface area contributed by atoms with Crippen molar-refractivity contribution in [3.63, 3.8) is 0 Å². The fraction of sp³-hybridized carbons (Fsp3) is 0.182. The van der Waals surface area contributed by atoms with E-state index in [0.29, 0.717) is 16.7 Å². The van der Waals surface area contributed by atoms with Crippen LogP contribution in [0.2, 0.25) is 4.47 Å². The van der Waals surface area contributed by atoms with E-state index in [1.165, 1.54) is 30.5 Å². The second-order valence-electron chi connectivity index (χ2n) is 3.79. The zero-order valence-corrected chi connectivity index (χ0v) is 12.7. The highest BCUT2D eigenvalue weighted by Gasteiger charge is 2.17. The molecule has 1 aromatic carbocycles. The Kier molecular flexibility index (Phi) is 4.59. The van der Waals surface area contributed by atoms with Crippen LogP contribution >= 0.6 is 22.9 Å². The quantitative estimate of drug-likeness (QED) is 0.880. The molecule has 0 bridgehead atoms. The van der Waals surface area contributed by atoms with Crippen LogP contribution in [0.25, 0.3) is 0 Å². The van der Waals surface area contributed by atoms with E-state index in [4.69, 9.17) is 11.6 Å². The fourth-order valence-corrected chi connectivity index (χ4v) is 3.23. The largest absolute Gasteiger partial charge is 0.380 e. The van der Waals surface area contributed by atoms with Gasteiger partial charge in [-0.05, 0) is 25.2 Å². The molecule has 5 nitrogen and oxygen atoms in total. The molecule has 108 valence electrons. The third-order valence-corrected chi connectivity index (χ3v) is 5.03. The number of sulfonamides is 1. The number of nitrogens with one attached hydrogen (secondary N) is 2. The van der Waals surface area contributed by atoms with Crippen LogP contribution in [0.15, 0.2) is 29.3 Å². The highest BCUT2D eigenvalue weighted by molar-refractivity contribution is 7.89. The second-order valence-corrected chi connectivity index (χ2v) is 7.34. The van der Waals surface area contributed by atoms with E-state index in [1.807, 2.05) is 0 Å². The molecule has 0 saturated carbocycles. The van der Waals surface area contributed by atoms with Crippen LogP contribution in [0.4, 0.5) is 10.1 Å². The second kappa shape index (κ2) is 6.04. The monoisotopic (exact) mass is 335 g/mol. The van der Waals surface area contributed by atoms with Gasteiger partial charge in [0.15, 0.2) is 4.47 Å². The average Bonchev–Trinajstić information content (AvgIpc) is 2.83. The fourth-order valence-electron chi connectivity index (χ4n) is 1.48. The molecule has 0 aliphatic rings. The first-order chi connectivity index (χ1) is 9.42. The van der Waals surface area contributed by atoms with E-state index in [2.05, 4.69) is 15.0 Å². The van der Waals surface area contributed by atoms with Crippen molar-refractivity contribution in [2.24, 2.45) is 0 Å². The zero-order chi connectivity index (χ0) is 14.8. The molecule has 0 amide bonds. The summed E-state index contributed by atoms with van der Waals surface area (Å²) in [4.78, 5) is 4.38. The topological polar surface area (TPSA) is 71.1 Å². The normalized spacial score (nSPS) is 11.6. The van der Waals surface area contributed by atoms with Gasteiger partial charge < -0.3 is 5.32 Å². The average molecular weight is 336 g/mol. The summed E-state index contributed by atoms with van der Waals surface area (Å²) in [7, 11) is -2.60. The summed E-state index contributed by atoms with van der Waals surface area (Å²) < 4.78 is 39.4. The molecule has 20 heavy (non-hydrogen) atoms. The highest BCUT2D eigenvalue weighted by Crippen LogP contribution is 2.22. The van der Waals surface area contributed by atoms with Crippen molar-refractivity contribution in [1.82, 2.24) is 9.71 Å². The summed E-state index contributed by atoms with van der Waals surface area (Å²) in [5, 5.41) is 2.99. The standard InChI is InChI=1S/C11H11ClFN3O2S2/c1-14-20(17,18)10-4-7(2-3-9(10)13)15-5-8-6-16-11(12)19-8/h2-4,6,14-15H,5H2,1H3.